The molecule has 25 heavy (non-hydrogen) atoms. The molecule has 0 fully saturated rings. The van der Waals surface area contributed by atoms with Gasteiger partial charge in [0.15, 0.2) is 11.5 Å². The van der Waals surface area contributed by atoms with Crippen molar-refractivity contribution < 1.29 is 18.6 Å². The van der Waals surface area contributed by atoms with Gasteiger partial charge in [-0.1, -0.05) is 33.8 Å². The van der Waals surface area contributed by atoms with Gasteiger partial charge in [0.2, 0.25) is 12.7 Å². The van der Waals surface area contributed by atoms with Crippen molar-refractivity contribution in [3.63, 3.8) is 0 Å². The summed E-state index contributed by atoms with van der Waals surface area (Å²) in [4.78, 5) is 0. The molecule has 128 valence electrons. The van der Waals surface area contributed by atoms with Crippen molar-refractivity contribution in [1.29, 1.82) is 0 Å². The first-order chi connectivity index (χ1) is 12.3. The monoisotopic (exact) mass is 420 g/mol. The Balaban J connectivity index is 1.32. The number of nitrogens with zero attached hydrogens (tertiary/aromatic N) is 2. The first kappa shape index (κ1) is 16.3. The van der Waals surface area contributed by atoms with Crippen LogP contribution in [0.4, 0.5) is 0 Å². The third-order valence-corrected chi connectivity index (χ3v) is 4.68. The molecule has 8 heteroatoms. The Morgan fingerprint density at radius 2 is 2.00 bits per heavy atom. The van der Waals surface area contributed by atoms with Gasteiger partial charge in [-0.25, -0.2) is 0 Å². The number of ether oxygens (including phenoxy) is 3. The normalized spacial score (nSPS) is 12.4. The predicted octanol–water partition coefficient (Wildman–Crippen LogP) is 4.40. The van der Waals surface area contributed by atoms with Crippen molar-refractivity contribution in [2.75, 3.05) is 19.2 Å². The summed E-state index contributed by atoms with van der Waals surface area (Å²) in [7, 11) is 0. The summed E-state index contributed by atoms with van der Waals surface area (Å²) in [6.07, 6.45) is 0. The molecule has 0 unspecified atom stereocenters. The zero-order valence-electron chi connectivity index (χ0n) is 13.0. The van der Waals surface area contributed by atoms with Gasteiger partial charge >= 0.3 is 0 Å². The molecule has 0 saturated carbocycles. The van der Waals surface area contributed by atoms with E-state index < -0.39 is 0 Å². The molecule has 2 heterocycles. The Bertz CT molecular complexity index is 887. The maximum Gasteiger partial charge on any atom is 0.276 e. The second kappa shape index (κ2) is 7.37. The van der Waals surface area contributed by atoms with Gasteiger partial charge in [-0.3, -0.25) is 0 Å². The van der Waals surface area contributed by atoms with E-state index in [-0.39, 0.29) is 6.79 Å². The van der Waals surface area contributed by atoms with Gasteiger partial charge < -0.3 is 18.6 Å². The van der Waals surface area contributed by atoms with Crippen LogP contribution in [0.1, 0.15) is 0 Å². The zero-order valence-corrected chi connectivity index (χ0v) is 15.4. The Morgan fingerprint density at radius 3 is 2.92 bits per heavy atom. The van der Waals surface area contributed by atoms with Crippen molar-refractivity contribution in [1.82, 2.24) is 10.2 Å². The number of halogens is 1. The van der Waals surface area contributed by atoms with E-state index in [4.69, 9.17) is 18.6 Å². The van der Waals surface area contributed by atoms with Crippen molar-refractivity contribution in [2.45, 2.75) is 5.22 Å². The van der Waals surface area contributed by atoms with Gasteiger partial charge in [0, 0.05) is 15.8 Å². The molecule has 0 atom stereocenters. The third-order valence-electron chi connectivity index (χ3n) is 3.40. The van der Waals surface area contributed by atoms with Gasteiger partial charge in [-0.15, -0.1) is 10.2 Å². The van der Waals surface area contributed by atoms with Crippen molar-refractivity contribution in [2.24, 2.45) is 0 Å². The quantitative estimate of drug-likeness (QED) is 0.432. The van der Waals surface area contributed by atoms with E-state index >= 15 is 0 Å². The molecule has 0 amide bonds. The van der Waals surface area contributed by atoms with Crippen LogP contribution < -0.4 is 14.2 Å². The molecule has 0 N–H and O–H groups in total. The molecule has 0 radical (unpaired) electrons. The summed E-state index contributed by atoms with van der Waals surface area (Å²) in [5.74, 6) is 3.39. The average molecular weight is 421 g/mol. The molecular formula is C17H13BrN2O4S. The van der Waals surface area contributed by atoms with E-state index in [9.17, 15) is 0 Å². The topological polar surface area (TPSA) is 66.6 Å². The van der Waals surface area contributed by atoms with Gasteiger partial charge in [-0.05, 0) is 36.4 Å². The maximum atomic E-state index is 5.68. The van der Waals surface area contributed by atoms with E-state index in [1.54, 1.807) is 0 Å². The lowest BCUT2D eigenvalue weighted by Gasteiger charge is -2.04. The average Bonchev–Trinajstić information content (AvgIpc) is 3.27. The lowest BCUT2D eigenvalue weighted by molar-refractivity contribution is 0.174. The lowest BCUT2D eigenvalue weighted by Crippen LogP contribution is -1.99. The fourth-order valence-corrected chi connectivity index (χ4v) is 3.22. The van der Waals surface area contributed by atoms with E-state index in [1.807, 2.05) is 42.5 Å². The maximum absolute atomic E-state index is 5.68. The van der Waals surface area contributed by atoms with E-state index in [0.29, 0.717) is 29.2 Å². The molecule has 2 aromatic carbocycles. The third kappa shape index (κ3) is 3.91. The second-order valence-corrected chi connectivity index (χ2v) is 7.06. The number of thioether (sulfide) groups is 1. The molecular weight excluding hydrogens is 408 g/mol. The van der Waals surface area contributed by atoms with Crippen LogP contribution in [0, 0.1) is 0 Å². The number of fused-ring (bicyclic) bond motifs is 1. The number of rotatable bonds is 6. The Kier molecular flexibility index (Phi) is 4.80. The van der Waals surface area contributed by atoms with E-state index in [0.717, 1.165) is 21.5 Å². The number of benzene rings is 2. The van der Waals surface area contributed by atoms with Crippen LogP contribution >= 0.6 is 27.7 Å². The minimum absolute atomic E-state index is 0.238. The fourth-order valence-electron chi connectivity index (χ4n) is 2.26. The Labute approximate surface area is 156 Å². The molecule has 0 saturated heterocycles. The smallest absolute Gasteiger partial charge is 0.276 e. The van der Waals surface area contributed by atoms with Crippen LogP contribution in [-0.4, -0.2) is 29.4 Å². The van der Waals surface area contributed by atoms with Crippen LogP contribution in [-0.2, 0) is 0 Å². The lowest BCUT2D eigenvalue weighted by atomic mass is 10.2. The van der Waals surface area contributed by atoms with Gasteiger partial charge in [0.25, 0.3) is 5.22 Å². The molecule has 0 spiro atoms. The van der Waals surface area contributed by atoms with Crippen LogP contribution in [0.5, 0.6) is 17.2 Å². The van der Waals surface area contributed by atoms with Crippen molar-refractivity contribution in [3.8, 4) is 28.7 Å². The summed E-state index contributed by atoms with van der Waals surface area (Å²) < 4.78 is 23.0. The first-order valence-electron chi connectivity index (χ1n) is 7.53. The highest BCUT2D eigenvalue weighted by molar-refractivity contribution is 9.10. The van der Waals surface area contributed by atoms with Crippen LogP contribution in [0.25, 0.3) is 11.5 Å². The standard InChI is InChI=1S/C17H13BrN2O4S/c18-12-2-1-3-13(9-12)21-6-7-25-17-20-19-16(24-17)11-4-5-14-15(8-11)23-10-22-14/h1-5,8-9H,6-7,10H2. The van der Waals surface area contributed by atoms with Crippen LogP contribution in [0.2, 0.25) is 0 Å². The molecule has 0 bridgehead atoms. The minimum atomic E-state index is 0.238. The number of hydrogen-bond acceptors (Lipinski definition) is 7. The Hall–Kier alpha value is -2.19. The first-order valence-corrected chi connectivity index (χ1v) is 9.30. The molecule has 6 nitrogen and oxygen atoms in total. The largest absolute Gasteiger partial charge is 0.493 e. The molecule has 1 aliphatic rings. The fraction of sp³-hybridized carbons (Fsp3) is 0.176. The summed E-state index contributed by atoms with van der Waals surface area (Å²) in [5.41, 5.74) is 0.800. The van der Waals surface area contributed by atoms with Crippen LogP contribution in [0.3, 0.4) is 0 Å². The highest BCUT2D eigenvalue weighted by Gasteiger charge is 2.16. The minimum Gasteiger partial charge on any atom is -0.493 e. The van der Waals surface area contributed by atoms with Crippen LogP contribution in [0.15, 0.2) is 56.6 Å². The predicted molar refractivity (Wildman–Crippen MR) is 96.2 cm³/mol. The molecule has 1 aromatic heterocycles. The molecule has 4 rings (SSSR count). The summed E-state index contributed by atoms with van der Waals surface area (Å²) in [5, 5.41) is 8.64. The van der Waals surface area contributed by atoms with Gasteiger partial charge in [-0.2, -0.15) is 0 Å². The van der Waals surface area contributed by atoms with Gasteiger partial charge in [0.1, 0.15) is 5.75 Å². The zero-order chi connectivity index (χ0) is 17.1. The highest BCUT2D eigenvalue weighted by atomic mass is 79.9. The highest BCUT2D eigenvalue weighted by Crippen LogP contribution is 2.36. The molecule has 1 aliphatic heterocycles. The Morgan fingerprint density at radius 1 is 1.08 bits per heavy atom. The second-order valence-electron chi connectivity index (χ2n) is 5.10. The summed E-state index contributed by atoms with van der Waals surface area (Å²) >= 11 is 4.87. The van der Waals surface area contributed by atoms with E-state index in [2.05, 4.69) is 26.1 Å². The van der Waals surface area contributed by atoms with E-state index in [1.165, 1.54) is 11.8 Å². The SMILES string of the molecule is Brc1cccc(OCCSc2nnc(-c3ccc4c(c3)OCO4)o2)c1. The van der Waals surface area contributed by atoms with Crippen molar-refractivity contribution >= 4 is 27.7 Å². The summed E-state index contributed by atoms with van der Waals surface area (Å²) in [6, 6.07) is 13.3. The van der Waals surface area contributed by atoms with Gasteiger partial charge in [0.05, 0.1) is 6.61 Å². The van der Waals surface area contributed by atoms with Crippen molar-refractivity contribution in [3.05, 3.63) is 46.9 Å². The molecule has 0 aliphatic carbocycles. The number of hydrogen-bond donors (Lipinski definition) is 0. The summed E-state index contributed by atoms with van der Waals surface area (Å²) in [6.45, 7) is 0.782. The molecule has 3 aromatic rings. The number of aromatic nitrogens is 2.